The average molecular weight is 354 g/mol. The van der Waals surface area contributed by atoms with Crippen LogP contribution in [0.4, 0.5) is 0 Å². The largest absolute Gasteiger partial charge is 0.271 e. The second-order valence-electron chi connectivity index (χ2n) is 5.49. The lowest BCUT2D eigenvalue weighted by molar-refractivity contribution is 0.0847. The van der Waals surface area contributed by atoms with Crippen molar-refractivity contribution in [3.63, 3.8) is 0 Å². The topological polar surface area (TPSA) is 71.1 Å². The number of carbonyl (C=O) groups excluding carboxylic acids is 2. The number of nitrogens with one attached hydrogen (secondary N) is 2. The van der Waals surface area contributed by atoms with Gasteiger partial charge in [-0.3, -0.25) is 25.4 Å². The number of pyridine rings is 1. The van der Waals surface area contributed by atoms with Gasteiger partial charge in [0.05, 0.1) is 11.1 Å². The van der Waals surface area contributed by atoms with E-state index in [1.54, 1.807) is 30.5 Å². The summed E-state index contributed by atoms with van der Waals surface area (Å²) >= 11 is 6.06. The molecule has 2 aromatic carbocycles. The molecule has 0 spiro atoms. The molecule has 1 aromatic heterocycles. The first-order valence-electron chi connectivity index (χ1n) is 7.82. The van der Waals surface area contributed by atoms with Crippen molar-refractivity contribution in [2.24, 2.45) is 0 Å². The Bertz CT molecular complexity index is 939. The summed E-state index contributed by atoms with van der Waals surface area (Å²) in [6.07, 6.45) is 2.49. The quantitative estimate of drug-likeness (QED) is 0.708. The molecule has 0 atom stereocenters. The highest BCUT2D eigenvalue weighted by atomic mass is 35.5. The van der Waals surface area contributed by atoms with Gasteiger partial charge in [-0.2, -0.15) is 0 Å². The van der Waals surface area contributed by atoms with Crippen LogP contribution in [0.15, 0.2) is 54.7 Å². The minimum absolute atomic E-state index is 0.296. The second kappa shape index (κ2) is 7.32. The lowest BCUT2D eigenvalue weighted by Crippen LogP contribution is -2.41. The van der Waals surface area contributed by atoms with E-state index in [9.17, 15) is 9.59 Å². The Hall–Kier alpha value is -2.92. The van der Waals surface area contributed by atoms with Crippen LogP contribution in [-0.2, 0) is 6.42 Å². The fourth-order valence-corrected chi connectivity index (χ4v) is 2.70. The Morgan fingerprint density at radius 3 is 2.48 bits per heavy atom. The summed E-state index contributed by atoms with van der Waals surface area (Å²) in [5.74, 6) is -0.875. The van der Waals surface area contributed by atoms with Crippen molar-refractivity contribution in [1.82, 2.24) is 15.8 Å². The van der Waals surface area contributed by atoms with Crippen LogP contribution in [0.3, 0.4) is 0 Å². The molecule has 0 aliphatic carbocycles. The van der Waals surface area contributed by atoms with Gasteiger partial charge in [-0.1, -0.05) is 36.7 Å². The number of aromatic nitrogens is 1. The number of amides is 2. The number of halogens is 1. The van der Waals surface area contributed by atoms with Gasteiger partial charge in [0, 0.05) is 22.2 Å². The summed E-state index contributed by atoms with van der Waals surface area (Å²) in [6, 6.07) is 14.0. The van der Waals surface area contributed by atoms with Crippen molar-refractivity contribution < 1.29 is 9.59 Å². The van der Waals surface area contributed by atoms with Crippen LogP contribution >= 0.6 is 11.6 Å². The molecule has 2 amide bonds. The number of aryl methyl sites for hydroxylation is 1. The molecular weight excluding hydrogens is 338 g/mol. The fraction of sp³-hybridized carbons (Fsp3) is 0.105. The van der Waals surface area contributed by atoms with E-state index in [2.05, 4.69) is 15.8 Å². The van der Waals surface area contributed by atoms with Crippen molar-refractivity contribution in [1.29, 1.82) is 0 Å². The summed E-state index contributed by atoms with van der Waals surface area (Å²) in [5, 5.41) is 1.17. The Morgan fingerprint density at radius 2 is 1.76 bits per heavy atom. The molecule has 0 aliphatic heterocycles. The first kappa shape index (κ1) is 16.9. The molecule has 0 saturated carbocycles. The van der Waals surface area contributed by atoms with Crippen LogP contribution in [-0.4, -0.2) is 16.8 Å². The van der Waals surface area contributed by atoms with Gasteiger partial charge in [0.25, 0.3) is 11.8 Å². The molecule has 0 bridgehead atoms. The number of benzene rings is 2. The normalized spacial score (nSPS) is 10.5. The van der Waals surface area contributed by atoms with Crippen LogP contribution < -0.4 is 10.9 Å². The van der Waals surface area contributed by atoms with Crippen molar-refractivity contribution in [3.05, 3.63) is 76.4 Å². The Morgan fingerprint density at radius 1 is 1.04 bits per heavy atom. The van der Waals surface area contributed by atoms with E-state index in [4.69, 9.17) is 11.6 Å². The fourth-order valence-electron chi connectivity index (χ4n) is 2.47. The first-order valence-corrected chi connectivity index (χ1v) is 8.20. The minimum Gasteiger partial charge on any atom is -0.267 e. The molecular formula is C19H16ClN3O2. The van der Waals surface area contributed by atoms with Gasteiger partial charge >= 0.3 is 0 Å². The van der Waals surface area contributed by atoms with E-state index in [1.165, 1.54) is 6.07 Å². The van der Waals surface area contributed by atoms with Crippen LogP contribution in [0.5, 0.6) is 0 Å². The maximum atomic E-state index is 12.4. The van der Waals surface area contributed by atoms with Crippen LogP contribution in [0.25, 0.3) is 10.9 Å². The molecule has 5 nitrogen and oxygen atoms in total. The number of nitrogens with zero attached hydrogens (tertiary/aromatic N) is 1. The van der Waals surface area contributed by atoms with Crippen molar-refractivity contribution in [2.75, 3.05) is 0 Å². The highest BCUT2D eigenvalue weighted by molar-refractivity contribution is 6.32. The number of hydrazine groups is 1. The molecule has 126 valence electrons. The van der Waals surface area contributed by atoms with E-state index < -0.39 is 11.8 Å². The SMILES string of the molecule is CCc1ccc(C(=O)NNC(=O)c2cc(Cl)cc3cccnc23)cc1. The maximum Gasteiger partial charge on any atom is 0.271 e. The van der Waals surface area contributed by atoms with Gasteiger partial charge in [0.2, 0.25) is 0 Å². The molecule has 0 radical (unpaired) electrons. The third-order valence-corrected chi connectivity index (χ3v) is 4.05. The number of rotatable bonds is 3. The first-order chi connectivity index (χ1) is 12.1. The van der Waals surface area contributed by atoms with Gasteiger partial charge in [-0.05, 0) is 42.3 Å². The maximum absolute atomic E-state index is 12.4. The standard InChI is InChI=1S/C19H16ClN3O2/c1-2-12-5-7-13(8-6-12)18(24)22-23-19(25)16-11-15(20)10-14-4-3-9-21-17(14)16/h3-11H,2H2,1H3,(H,22,24)(H,23,25). The molecule has 0 unspecified atom stereocenters. The summed E-state index contributed by atoms with van der Waals surface area (Å²) in [5.41, 5.74) is 7.23. The monoisotopic (exact) mass is 353 g/mol. The van der Waals surface area contributed by atoms with Gasteiger partial charge < -0.3 is 0 Å². The highest BCUT2D eigenvalue weighted by Gasteiger charge is 2.14. The molecule has 2 N–H and O–H groups in total. The van der Waals surface area contributed by atoms with Crippen molar-refractivity contribution >= 4 is 34.3 Å². The zero-order chi connectivity index (χ0) is 17.8. The third kappa shape index (κ3) is 3.78. The van der Waals surface area contributed by atoms with Crippen LogP contribution in [0.2, 0.25) is 5.02 Å². The average Bonchev–Trinajstić information content (AvgIpc) is 2.65. The predicted octanol–water partition coefficient (Wildman–Crippen LogP) is 3.53. The molecule has 0 saturated heterocycles. The van der Waals surface area contributed by atoms with E-state index in [0.717, 1.165) is 17.4 Å². The van der Waals surface area contributed by atoms with E-state index in [1.807, 2.05) is 25.1 Å². The zero-order valence-electron chi connectivity index (χ0n) is 13.5. The molecule has 25 heavy (non-hydrogen) atoms. The minimum atomic E-state index is -0.482. The molecule has 0 aliphatic rings. The molecule has 0 fully saturated rings. The summed E-state index contributed by atoms with van der Waals surface area (Å²) in [6.45, 7) is 2.04. The van der Waals surface area contributed by atoms with Gasteiger partial charge in [0.15, 0.2) is 0 Å². The summed E-state index contributed by atoms with van der Waals surface area (Å²) < 4.78 is 0. The Labute approximate surface area is 150 Å². The lowest BCUT2D eigenvalue weighted by Gasteiger charge is -2.10. The van der Waals surface area contributed by atoms with Crippen LogP contribution in [0.1, 0.15) is 33.2 Å². The lowest BCUT2D eigenvalue weighted by atomic mass is 10.1. The molecule has 3 aromatic rings. The Kier molecular flexibility index (Phi) is 4.95. The van der Waals surface area contributed by atoms with E-state index >= 15 is 0 Å². The van der Waals surface area contributed by atoms with Crippen molar-refractivity contribution in [2.45, 2.75) is 13.3 Å². The zero-order valence-corrected chi connectivity index (χ0v) is 14.3. The Balaban J connectivity index is 1.75. The second-order valence-corrected chi connectivity index (χ2v) is 5.92. The summed E-state index contributed by atoms with van der Waals surface area (Å²) in [4.78, 5) is 28.8. The van der Waals surface area contributed by atoms with E-state index in [0.29, 0.717) is 21.7 Å². The van der Waals surface area contributed by atoms with Gasteiger partial charge in [-0.15, -0.1) is 0 Å². The number of hydrogen-bond donors (Lipinski definition) is 2. The number of fused-ring (bicyclic) bond motifs is 1. The molecule has 3 rings (SSSR count). The third-order valence-electron chi connectivity index (χ3n) is 3.83. The van der Waals surface area contributed by atoms with E-state index in [-0.39, 0.29) is 0 Å². The number of hydrogen-bond acceptors (Lipinski definition) is 3. The van der Waals surface area contributed by atoms with Gasteiger partial charge in [-0.25, -0.2) is 0 Å². The highest BCUT2D eigenvalue weighted by Crippen LogP contribution is 2.22. The molecule has 6 heteroatoms. The smallest absolute Gasteiger partial charge is 0.267 e. The van der Waals surface area contributed by atoms with Gasteiger partial charge in [0.1, 0.15) is 0 Å². The predicted molar refractivity (Wildman–Crippen MR) is 97.5 cm³/mol. The summed E-state index contributed by atoms with van der Waals surface area (Å²) in [7, 11) is 0. The van der Waals surface area contributed by atoms with Crippen molar-refractivity contribution in [3.8, 4) is 0 Å². The molecule has 1 heterocycles. The van der Waals surface area contributed by atoms with Crippen LogP contribution in [0, 0.1) is 0 Å². The number of carbonyl (C=O) groups is 2.